The highest BCUT2D eigenvalue weighted by Gasteiger charge is 2.43. The van der Waals surface area contributed by atoms with E-state index in [1.807, 2.05) is 6.07 Å². The highest BCUT2D eigenvalue weighted by atomic mass is 16.5. The second-order valence-corrected chi connectivity index (χ2v) is 8.00. The number of aliphatic carboxylic acids is 2. The maximum absolute atomic E-state index is 10.6. The van der Waals surface area contributed by atoms with Crippen LogP contribution in [0.2, 0.25) is 0 Å². The predicted molar refractivity (Wildman–Crippen MR) is 103 cm³/mol. The number of nitrogens with zero attached hydrogens (tertiary/aromatic N) is 1. The molecular formula is C20H29NO8. The molecule has 1 aromatic carbocycles. The molecule has 0 amide bonds. The molecule has 0 radical (unpaired) electrons. The number of carboxylic acid groups (broad SMARTS) is 2. The van der Waals surface area contributed by atoms with Gasteiger partial charge in [-0.15, -0.1) is 0 Å². The molecule has 1 aromatic rings. The van der Waals surface area contributed by atoms with E-state index in [2.05, 4.69) is 31.0 Å². The van der Waals surface area contributed by atoms with E-state index in [1.54, 1.807) is 7.11 Å². The highest BCUT2D eigenvalue weighted by molar-refractivity contribution is 5.83. The summed E-state index contributed by atoms with van der Waals surface area (Å²) in [5.74, 6) is -2.30. The summed E-state index contributed by atoms with van der Waals surface area (Å²) in [4.78, 5) is 21.9. The minimum absolute atomic E-state index is 0.165. The Labute approximate surface area is 169 Å². The summed E-state index contributed by atoms with van der Waals surface area (Å²) >= 11 is 0. The van der Waals surface area contributed by atoms with Crippen LogP contribution < -0.4 is 4.74 Å². The largest absolute Gasteiger partial charge is 0.497 e. The van der Waals surface area contributed by atoms with Crippen molar-refractivity contribution in [3.05, 3.63) is 29.3 Å². The van der Waals surface area contributed by atoms with E-state index in [-0.39, 0.29) is 11.5 Å². The van der Waals surface area contributed by atoms with E-state index >= 15 is 0 Å². The van der Waals surface area contributed by atoms with E-state index in [1.165, 1.54) is 5.56 Å². The summed E-state index contributed by atoms with van der Waals surface area (Å²) in [5.41, 5.74) is 2.55. The second kappa shape index (κ2) is 9.08. The van der Waals surface area contributed by atoms with Crippen molar-refractivity contribution in [2.45, 2.75) is 43.5 Å². The molecular weight excluding hydrogens is 382 g/mol. The van der Waals surface area contributed by atoms with Crippen LogP contribution in [0.1, 0.15) is 37.0 Å². The molecule has 5 N–H and O–H groups in total. The molecule has 9 nitrogen and oxygen atoms in total. The first kappa shape index (κ1) is 23.1. The van der Waals surface area contributed by atoms with E-state index in [0.29, 0.717) is 5.92 Å². The van der Waals surface area contributed by atoms with Gasteiger partial charge in [-0.25, -0.2) is 9.59 Å². The molecule has 162 valence electrons. The molecule has 3 rings (SSSR count). The van der Waals surface area contributed by atoms with Crippen LogP contribution in [-0.2, 0) is 15.0 Å². The zero-order valence-electron chi connectivity index (χ0n) is 16.8. The van der Waals surface area contributed by atoms with E-state index in [9.17, 15) is 14.7 Å². The third-order valence-corrected chi connectivity index (χ3v) is 5.79. The molecule has 1 fully saturated rings. The van der Waals surface area contributed by atoms with Crippen molar-refractivity contribution >= 4 is 11.9 Å². The van der Waals surface area contributed by atoms with Gasteiger partial charge in [-0.1, -0.05) is 13.0 Å². The molecule has 2 bridgehead atoms. The Morgan fingerprint density at radius 3 is 2.31 bits per heavy atom. The monoisotopic (exact) mass is 411 g/mol. The zero-order chi connectivity index (χ0) is 21.9. The lowest BCUT2D eigenvalue weighted by molar-refractivity contribution is -0.165. The van der Waals surface area contributed by atoms with E-state index in [4.69, 9.17) is 25.2 Å². The van der Waals surface area contributed by atoms with E-state index in [0.717, 1.165) is 37.2 Å². The van der Waals surface area contributed by atoms with Gasteiger partial charge in [0.2, 0.25) is 0 Å². The number of ether oxygens (including phenoxy) is 1. The Morgan fingerprint density at radius 1 is 1.21 bits per heavy atom. The quantitative estimate of drug-likeness (QED) is 0.469. The molecule has 5 unspecified atom stereocenters. The van der Waals surface area contributed by atoms with Crippen LogP contribution in [0.4, 0.5) is 0 Å². The first-order valence-corrected chi connectivity index (χ1v) is 9.37. The fourth-order valence-electron chi connectivity index (χ4n) is 4.10. The second-order valence-electron chi connectivity index (χ2n) is 8.00. The number of carbonyl (C=O) groups is 2. The number of hydrogen-bond donors (Lipinski definition) is 5. The molecule has 0 aromatic heterocycles. The summed E-state index contributed by atoms with van der Waals surface area (Å²) in [7, 11) is 3.86. The van der Waals surface area contributed by atoms with Gasteiger partial charge in [-0.2, -0.15) is 0 Å². The fourth-order valence-corrected chi connectivity index (χ4v) is 4.10. The van der Waals surface area contributed by atoms with Crippen LogP contribution in [0.15, 0.2) is 18.2 Å². The zero-order valence-corrected chi connectivity index (χ0v) is 16.8. The van der Waals surface area contributed by atoms with Crippen molar-refractivity contribution < 1.29 is 39.9 Å². The average molecular weight is 411 g/mol. The van der Waals surface area contributed by atoms with Gasteiger partial charge in [0.15, 0.2) is 12.2 Å². The first-order valence-electron chi connectivity index (χ1n) is 9.37. The molecule has 2 aliphatic rings. The van der Waals surface area contributed by atoms with Gasteiger partial charge in [0, 0.05) is 12.5 Å². The Hall–Kier alpha value is -2.20. The predicted octanol–water partition coefficient (Wildman–Crippen LogP) is 0.219. The summed E-state index contributed by atoms with van der Waals surface area (Å²) < 4.78 is 5.36. The highest BCUT2D eigenvalue weighted by Crippen LogP contribution is 2.49. The lowest BCUT2D eigenvalue weighted by Gasteiger charge is -2.41. The SMILES string of the molecule is COc1ccc2c(c1)C1(C)CCN(C)CC(C1)C2O.O=C(O)C(O)C(O)C(=O)O. The fraction of sp³-hybridized carbons (Fsp3) is 0.600. The van der Waals surface area contributed by atoms with E-state index < -0.39 is 24.1 Å². The number of methoxy groups -OCH3 is 1. The van der Waals surface area contributed by atoms with Gasteiger partial charge in [0.1, 0.15) is 5.75 Å². The number of carboxylic acids is 2. The summed E-state index contributed by atoms with van der Waals surface area (Å²) in [6, 6.07) is 6.14. The molecule has 1 heterocycles. The first-order chi connectivity index (χ1) is 13.5. The van der Waals surface area contributed by atoms with Gasteiger partial charge in [-0.05, 0) is 55.1 Å². The number of fused-ring (bicyclic) bond motifs is 4. The summed E-state index contributed by atoms with van der Waals surface area (Å²) in [6.07, 6.45) is -2.66. The lowest BCUT2D eigenvalue weighted by atomic mass is 9.65. The number of aliphatic hydroxyl groups is 3. The molecule has 9 heteroatoms. The van der Waals surface area contributed by atoms with Crippen molar-refractivity contribution in [3.63, 3.8) is 0 Å². The topological polar surface area (TPSA) is 148 Å². The average Bonchev–Trinajstić information content (AvgIpc) is 2.82. The molecule has 5 atom stereocenters. The smallest absolute Gasteiger partial charge is 0.335 e. The van der Waals surface area contributed by atoms with Gasteiger partial charge in [0.05, 0.1) is 13.2 Å². The number of likely N-dealkylation sites (tertiary alicyclic amines) is 1. The van der Waals surface area contributed by atoms with Gasteiger partial charge in [-0.3, -0.25) is 0 Å². The molecule has 29 heavy (non-hydrogen) atoms. The number of hydrogen-bond acceptors (Lipinski definition) is 7. The Morgan fingerprint density at radius 2 is 1.79 bits per heavy atom. The number of aliphatic hydroxyl groups excluding tert-OH is 3. The minimum atomic E-state index is -2.27. The van der Waals surface area contributed by atoms with Crippen molar-refractivity contribution in [1.82, 2.24) is 4.90 Å². The van der Waals surface area contributed by atoms with Crippen molar-refractivity contribution in [2.75, 3.05) is 27.2 Å². The molecule has 1 aliphatic heterocycles. The van der Waals surface area contributed by atoms with Crippen LogP contribution in [0, 0.1) is 5.92 Å². The van der Waals surface area contributed by atoms with Crippen molar-refractivity contribution in [2.24, 2.45) is 5.92 Å². The normalized spacial score (nSPS) is 28.1. The Balaban J connectivity index is 0.000000257. The minimum Gasteiger partial charge on any atom is -0.497 e. The van der Waals surface area contributed by atoms with Gasteiger partial charge < -0.3 is 35.2 Å². The van der Waals surface area contributed by atoms with Gasteiger partial charge in [0.25, 0.3) is 0 Å². The van der Waals surface area contributed by atoms with Crippen molar-refractivity contribution in [3.8, 4) is 5.75 Å². The van der Waals surface area contributed by atoms with Gasteiger partial charge >= 0.3 is 11.9 Å². The van der Waals surface area contributed by atoms with Crippen LogP contribution in [0.25, 0.3) is 0 Å². The summed E-state index contributed by atoms with van der Waals surface area (Å²) in [5, 5.41) is 43.2. The van der Waals surface area contributed by atoms with Crippen LogP contribution in [0.5, 0.6) is 5.75 Å². The van der Waals surface area contributed by atoms with Crippen LogP contribution in [0.3, 0.4) is 0 Å². The van der Waals surface area contributed by atoms with Crippen LogP contribution in [-0.4, -0.2) is 81.8 Å². The Bertz CT molecular complexity index is 736. The third-order valence-electron chi connectivity index (χ3n) is 5.79. The molecule has 0 saturated carbocycles. The summed E-state index contributed by atoms with van der Waals surface area (Å²) in [6.45, 7) is 4.42. The van der Waals surface area contributed by atoms with Crippen LogP contribution >= 0.6 is 0 Å². The molecule has 1 saturated heterocycles. The number of rotatable bonds is 4. The number of benzene rings is 1. The third kappa shape index (κ3) is 5.05. The molecule has 0 spiro atoms. The Kier molecular flexibility index (Phi) is 7.23. The van der Waals surface area contributed by atoms with Crippen molar-refractivity contribution in [1.29, 1.82) is 0 Å². The lowest BCUT2D eigenvalue weighted by Crippen LogP contribution is -2.39. The molecule has 1 aliphatic carbocycles. The maximum atomic E-state index is 10.6. The maximum Gasteiger partial charge on any atom is 0.335 e. The standard InChI is InChI=1S/C16H23NO2.C4H6O6/c1-16-6-7-17(2)10-11(9-16)15(18)13-5-4-12(19-3)8-14(13)16;5-1(3(7)8)2(6)4(9)10/h4-5,8,11,15,18H,6-7,9-10H2,1-3H3;1-2,5-6H,(H,7,8)(H,9,10).